The van der Waals surface area contributed by atoms with Crippen molar-refractivity contribution >= 4 is 5.78 Å². The van der Waals surface area contributed by atoms with E-state index >= 15 is 0 Å². The number of Topliss-reactive ketones (excluding diaryl/α,β-unsaturated/α-hetero) is 1. The summed E-state index contributed by atoms with van der Waals surface area (Å²) in [6, 6.07) is 15.7. The lowest BCUT2D eigenvalue weighted by molar-refractivity contribution is -0.134. The molecule has 3 atom stereocenters. The highest BCUT2D eigenvalue weighted by atomic mass is 16.5. The van der Waals surface area contributed by atoms with Crippen molar-refractivity contribution in [1.82, 2.24) is 0 Å². The molecule has 2 aromatic rings. The molecule has 158 valence electrons. The molecule has 2 aromatic carbocycles. The molecule has 30 heavy (non-hydrogen) atoms. The largest absolute Gasteiger partial charge is 0.493 e. The Hall–Kier alpha value is -2.79. The Kier molecular flexibility index (Phi) is 6.38. The Morgan fingerprint density at radius 3 is 2.57 bits per heavy atom. The third kappa shape index (κ3) is 4.68. The molecule has 0 bridgehead atoms. The minimum absolute atomic E-state index is 0.00506. The average Bonchev–Trinajstić information content (AvgIpc) is 2.77. The molecule has 0 aromatic heterocycles. The van der Waals surface area contributed by atoms with Crippen molar-refractivity contribution in [3.63, 3.8) is 0 Å². The van der Waals surface area contributed by atoms with Gasteiger partial charge in [0.15, 0.2) is 11.5 Å². The maximum absolute atomic E-state index is 13.0. The third-order valence-corrected chi connectivity index (χ3v) is 5.65. The number of ketones is 1. The van der Waals surface area contributed by atoms with Gasteiger partial charge in [0.05, 0.1) is 25.2 Å². The molecule has 1 saturated carbocycles. The van der Waals surface area contributed by atoms with E-state index in [0.29, 0.717) is 31.1 Å². The van der Waals surface area contributed by atoms with Crippen LogP contribution in [0.3, 0.4) is 0 Å². The molecule has 5 heteroatoms. The van der Waals surface area contributed by atoms with E-state index < -0.39 is 0 Å². The number of carbonyl (C=O) groups excluding carboxylic acids is 1. The summed E-state index contributed by atoms with van der Waals surface area (Å²) in [6.45, 7) is 5.09. The highest BCUT2D eigenvalue weighted by Gasteiger charge is 2.41. The summed E-state index contributed by atoms with van der Waals surface area (Å²) in [6.07, 6.45) is 3.66. The zero-order chi connectivity index (χ0) is 20.9. The Labute approximate surface area is 177 Å². The van der Waals surface area contributed by atoms with E-state index in [1.54, 1.807) is 6.07 Å². The molecule has 5 nitrogen and oxygen atoms in total. The number of benzene rings is 2. The first-order chi connectivity index (χ1) is 14.6. The van der Waals surface area contributed by atoms with E-state index in [1.807, 2.05) is 25.1 Å². The predicted molar refractivity (Wildman–Crippen MR) is 113 cm³/mol. The summed E-state index contributed by atoms with van der Waals surface area (Å²) < 4.78 is 23.5. The zero-order valence-electron chi connectivity index (χ0n) is 17.5. The van der Waals surface area contributed by atoms with Gasteiger partial charge in [-0.05, 0) is 44.4 Å². The minimum atomic E-state index is -0.191. The van der Waals surface area contributed by atoms with Crippen LogP contribution in [0.1, 0.15) is 37.3 Å². The van der Waals surface area contributed by atoms with Crippen LogP contribution in [-0.4, -0.2) is 24.6 Å². The molecule has 2 aliphatic rings. The van der Waals surface area contributed by atoms with Crippen LogP contribution in [0.4, 0.5) is 0 Å². The van der Waals surface area contributed by atoms with E-state index in [4.69, 9.17) is 18.9 Å². The normalized spacial score (nSPS) is 23.2. The highest BCUT2D eigenvalue weighted by molar-refractivity contribution is 5.96. The summed E-state index contributed by atoms with van der Waals surface area (Å²) in [5.74, 6) is 1.18. The molecule has 1 heterocycles. The predicted octanol–water partition coefficient (Wildman–Crippen LogP) is 4.97. The van der Waals surface area contributed by atoms with Gasteiger partial charge < -0.3 is 18.9 Å². The number of hydrogen-bond donors (Lipinski definition) is 0. The second kappa shape index (κ2) is 9.35. The first-order valence-electron chi connectivity index (χ1n) is 10.6. The SMILES string of the molecule is CCOc1ccccc1OC1=COC2CC(OCc3ccc(C)cc3)CCC2C1=O. The fourth-order valence-corrected chi connectivity index (χ4v) is 3.98. The number of ether oxygens (including phenoxy) is 4. The van der Waals surface area contributed by atoms with Crippen molar-refractivity contribution in [1.29, 1.82) is 0 Å². The maximum Gasteiger partial charge on any atom is 0.208 e. The molecular weight excluding hydrogens is 380 g/mol. The van der Waals surface area contributed by atoms with Crippen LogP contribution < -0.4 is 9.47 Å². The summed E-state index contributed by atoms with van der Waals surface area (Å²) in [7, 11) is 0. The van der Waals surface area contributed by atoms with Gasteiger partial charge in [0, 0.05) is 6.42 Å². The number of aryl methyl sites for hydroxylation is 1. The molecule has 0 radical (unpaired) electrons. The average molecular weight is 408 g/mol. The lowest BCUT2D eigenvalue weighted by Crippen LogP contribution is -2.42. The lowest BCUT2D eigenvalue weighted by Gasteiger charge is -2.37. The molecule has 1 aliphatic heterocycles. The summed E-state index contributed by atoms with van der Waals surface area (Å²) in [5.41, 5.74) is 2.40. The summed E-state index contributed by atoms with van der Waals surface area (Å²) >= 11 is 0. The number of rotatable bonds is 7. The minimum Gasteiger partial charge on any atom is -0.493 e. The topological polar surface area (TPSA) is 54.0 Å². The first-order valence-corrected chi connectivity index (χ1v) is 10.6. The van der Waals surface area contributed by atoms with E-state index in [-0.39, 0.29) is 29.7 Å². The Morgan fingerprint density at radius 2 is 1.80 bits per heavy atom. The molecule has 0 spiro atoms. The van der Waals surface area contributed by atoms with Gasteiger partial charge in [0.25, 0.3) is 0 Å². The first kappa shape index (κ1) is 20.5. The Morgan fingerprint density at radius 1 is 1.03 bits per heavy atom. The van der Waals surface area contributed by atoms with Crippen molar-refractivity contribution in [2.45, 2.75) is 51.9 Å². The standard InChI is InChI=1S/C25H28O5/c1-3-27-21-6-4-5-7-22(21)30-24-16-29-23-14-19(12-13-20(23)25(24)26)28-15-18-10-8-17(2)9-11-18/h4-11,16,19-20,23H,3,12-15H2,1-2H3. The molecule has 0 saturated heterocycles. The van der Waals surface area contributed by atoms with Crippen LogP contribution in [0.2, 0.25) is 0 Å². The molecule has 4 rings (SSSR count). The van der Waals surface area contributed by atoms with Gasteiger partial charge in [-0.2, -0.15) is 0 Å². The van der Waals surface area contributed by atoms with Gasteiger partial charge >= 0.3 is 0 Å². The van der Waals surface area contributed by atoms with Gasteiger partial charge in [-0.25, -0.2) is 0 Å². The highest BCUT2D eigenvalue weighted by Crippen LogP contribution is 2.36. The molecule has 0 amide bonds. The fourth-order valence-electron chi connectivity index (χ4n) is 3.98. The molecule has 1 fully saturated rings. The van der Waals surface area contributed by atoms with Crippen LogP contribution in [0.25, 0.3) is 0 Å². The van der Waals surface area contributed by atoms with Crippen molar-refractivity contribution in [3.8, 4) is 11.5 Å². The number of carbonyl (C=O) groups is 1. The number of hydrogen-bond acceptors (Lipinski definition) is 5. The Bertz CT molecular complexity index is 902. The van der Waals surface area contributed by atoms with E-state index in [1.165, 1.54) is 11.8 Å². The maximum atomic E-state index is 13.0. The monoisotopic (exact) mass is 408 g/mol. The second-order valence-electron chi connectivity index (χ2n) is 7.84. The van der Waals surface area contributed by atoms with Crippen LogP contribution in [0, 0.1) is 12.8 Å². The second-order valence-corrected chi connectivity index (χ2v) is 7.84. The zero-order valence-corrected chi connectivity index (χ0v) is 17.5. The van der Waals surface area contributed by atoms with Gasteiger partial charge in [-0.15, -0.1) is 0 Å². The van der Waals surface area contributed by atoms with Gasteiger partial charge in [-0.3, -0.25) is 4.79 Å². The van der Waals surface area contributed by atoms with E-state index in [9.17, 15) is 4.79 Å². The van der Waals surface area contributed by atoms with Crippen molar-refractivity contribution in [2.24, 2.45) is 5.92 Å². The molecule has 1 aliphatic carbocycles. The van der Waals surface area contributed by atoms with Gasteiger partial charge in [0.1, 0.15) is 12.4 Å². The fraction of sp³-hybridized carbons (Fsp3) is 0.400. The quantitative estimate of drug-likeness (QED) is 0.648. The Balaban J connectivity index is 1.36. The van der Waals surface area contributed by atoms with Crippen LogP contribution in [0.15, 0.2) is 60.6 Å². The van der Waals surface area contributed by atoms with E-state index in [2.05, 4.69) is 31.2 Å². The van der Waals surface area contributed by atoms with Crippen LogP contribution in [0.5, 0.6) is 11.5 Å². The molecule has 3 unspecified atom stereocenters. The van der Waals surface area contributed by atoms with E-state index in [0.717, 1.165) is 18.4 Å². The molecular formula is C25H28O5. The summed E-state index contributed by atoms with van der Waals surface area (Å²) in [4.78, 5) is 13.0. The number of allylic oxidation sites excluding steroid dienone is 1. The number of fused-ring (bicyclic) bond motifs is 1. The van der Waals surface area contributed by atoms with Gasteiger partial charge in [0.2, 0.25) is 11.5 Å². The lowest BCUT2D eigenvalue weighted by atomic mass is 9.80. The summed E-state index contributed by atoms with van der Waals surface area (Å²) in [5, 5.41) is 0. The number of para-hydroxylation sites is 2. The van der Waals surface area contributed by atoms with Crippen LogP contribution in [-0.2, 0) is 20.9 Å². The molecule has 0 N–H and O–H groups in total. The smallest absolute Gasteiger partial charge is 0.208 e. The van der Waals surface area contributed by atoms with Gasteiger partial charge in [-0.1, -0.05) is 42.0 Å². The third-order valence-electron chi connectivity index (χ3n) is 5.65. The van der Waals surface area contributed by atoms with Crippen molar-refractivity contribution in [2.75, 3.05) is 6.61 Å². The van der Waals surface area contributed by atoms with Crippen molar-refractivity contribution in [3.05, 3.63) is 71.7 Å². The van der Waals surface area contributed by atoms with Crippen molar-refractivity contribution < 1.29 is 23.7 Å². The van der Waals surface area contributed by atoms with Crippen LogP contribution >= 0.6 is 0 Å².